The normalized spacial score (nSPS) is 17.9. The Bertz CT molecular complexity index is 777. The number of ketones is 1. The Labute approximate surface area is 123 Å². The Hall–Kier alpha value is -2.41. The zero-order valence-electron chi connectivity index (χ0n) is 12.1. The fourth-order valence-corrected chi connectivity index (χ4v) is 2.92. The van der Waals surface area contributed by atoms with Gasteiger partial charge in [-0.05, 0) is 25.3 Å². The van der Waals surface area contributed by atoms with Crippen molar-refractivity contribution in [3.8, 4) is 6.07 Å². The van der Waals surface area contributed by atoms with Gasteiger partial charge in [0, 0.05) is 31.0 Å². The second-order valence-electron chi connectivity index (χ2n) is 5.49. The van der Waals surface area contributed by atoms with E-state index < -0.39 is 0 Å². The van der Waals surface area contributed by atoms with E-state index in [0.29, 0.717) is 24.2 Å². The van der Waals surface area contributed by atoms with Gasteiger partial charge in [-0.25, -0.2) is 4.99 Å². The molecule has 1 heterocycles. The molecule has 0 atom stereocenters. The molecule has 106 valence electrons. The fraction of sp³-hybridized carbons (Fsp3) is 0.353. The van der Waals surface area contributed by atoms with Crippen LogP contribution < -0.4 is 0 Å². The zero-order chi connectivity index (χ0) is 14.8. The second kappa shape index (κ2) is 5.53. The van der Waals surface area contributed by atoms with Gasteiger partial charge in [-0.1, -0.05) is 18.2 Å². The number of aromatic nitrogens is 1. The molecule has 0 aliphatic heterocycles. The predicted octanol–water partition coefficient (Wildman–Crippen LogP) is 3.66. The van der Waals surface area contributed by atoms with Crippen molar-refractivity contribution in [3.05, 3.63) is 29.8 Å². The van der Waals surface area contributed by atoms with Crippen LogP contribution in [0.1, 0.15) is 37.7 Å². The summed E-state index contributed by atoms with van der Waals surface area (Å²) in [7, 11) is 1.92. The first kappa shape index (κ1) is 13.6. The van der Waals surface area contributed by atoms with Crippen LogP contribution in [0.5, 0.6) is 0 Å². The van der Waals surface area contributed by atoms with Crippen LogP contribution >= 0.6 is 0 Å². The zero-order valence-corrected chi connectivity index (χ0v) is 12.1. The van der Waals surface area contributed by atoms with E-state index in [4.69, 9.17) is 0 Å². The van der Waals surface area contributed by atoms with Gasteiger partial charge in [0.25, 0.3) is 0 Å². The van der Waals surface area contributed by atoms with Crippen molar-refractivity contribution in [2.75, 3.05) is 0 Å². The number of aliphatic imine (C=N–C) groups is 1. The number of para-hydroxylation sites is 1. The first-order valence-corrected chi connectivity index (χ1v) is 7.26. The molecule has 1 fully saturated rings. The van der Waals surface area contributed by atoms with E-state index in [9.17, 15) is 10.1 Å². The minimum absolute atomic E-state index is 0.253. The molecule has 4 nitrogen and oxygen atoms in total. The highest BCUT2D eigenvalue weighted by molar-refractivity contribution is 6.04. The number of hydrogen-bond acceptors (Lipinski definition) is 3. The van der Waals surface area contributed by atoms with Crippen molar-refractivity contribution < 1.29 is 4.79 Å². The van der Waals surface area contributed by atoms with Gasteiger partial charge in [-0.3, -0.25) is 4.79 Å². The first-order chi connectivity index (χ1) is 10.2. The molecule has 1 saturated carbocycles. The molecule has 1 aliphatic rings. The van der Waals surface area contributed by atoms with Crippen molar-refractivity contribution >= 4 is 28.2 Å². The third kappa shape index (κ3) is 2.47. The molecule has 4 heteroatoms. The van der Waals surface area contributed by atoms with Gasteiger partial charge in [0.05, 0.1) is 5.52 Å². The summed E-state index contributed by atoms with van der Waals surface area (Å²) in [6.45, 7) is 0. The van der Waals surface area contributed by atoms with Gasteiger partial charge in [-0.15, -0.1) is 0 Å². The third-order valence-corrected chi connectivity index (χ3v) is 4.02. The predicted molar refractivity (Wildman–Crippen MR) is 82.8 cm³/mol. The van der Waals surface area contributed by atoms with E-state index in [2.05, 4.69) is 11.1 Å². The highest BCUT2D eigenvalue weighted by Gasteiger charge is 2.17. The Morgan fingerprint density at radius 1 is 1.24 bits per heavy atom. The lowest BCUT2D eigenvalue weighted by Crippen LogP contribution is -2.04. The van der Waals surface area contributed by atoms with E-state index in [1.807, 2.05) is 35.9 Å². The number of hydrogen-bond donors (Lipinski definition) is 0. The summed E-state index contributed by atoms with van der Waals surface area (Å²) in [5.74, 6) is 0.923. The molecule has 0 spiro atoms. The summed E-state index contributed by atoms with van der Waals surface area (Å²) in [6.07, 6.45) is 3.86. The largest absolute Gasteiger partial charge is 0.328 e. The van der Waals surface area contributed by atoms with Crippen molar-refractivity contribution in [2.45, 2.75) is 32.1 Å². The number of nitrogens with zero attached hydrogens (tertiary/aromatic N) is 3. The number of benzene rings is 1. The molecule has 0 bridgehead atoms. The number of rotatable bonds is 1. The molecule has 0 saturated heterocycles. The van der Waals surface area contributed by atoms with Crippen molar-refractivity contribution in [3.63, 3.8) is 0 Å². The third-order valence-electron chi connectivity index (χ3n) is 4.02. The van der Waals surface area contributed by atoms with Crippen molar-refractivity contribution in [2.24, 2.45) is 12.0 Å². The van der Waals surface area contributed by atoms with Crippen molar-refractivity contribution in [1.82, 2.24) is 4.57 Å². The summed E-state index contributed by atoms with van der Waals surface area (Å²) >= 11 is 0. The summed E-state index contributed by atoms with van der Waals surface area (Å²) in [5.41, 5.74) is 2.49. The average Bonchev–Trinajstić information content (AvgIpc) is 2.62. The summed E-state index contributed by atoms with van der Waals surface area (Å²) in [4.78, 5) is 16.4. The van der Waals surface area contributed by atoms with Crippen LogP contribution in [0.25, 0.3) is 10.9 Å². The molecule has 3 rings (SSSR count). The van der Waals surface area contributed by atoms with Crippen LogP contribution in [0.3, 0.4) is 0 Å². The first-order valence-electron chi connectivity index (χ1n) is 7.26. The highest BCUT2D eigenvalue weighted by atomic mass is 16.1. The van der Waals surface area contributed by atoms with Crippen LogP contribution in [0.2, 0.25) is 0 Å². The Kier molecular flexibility index (Phi) is 3.57. The number of Topliss-reactive ketones (excluding diaryl/α,β-unsaturated/α-hetero) is 1. The SMILES string of the molecule is Cn1c(N=C2CCCCC(=O)C2)c(C#N)c2ccccc21. The monoisotopic (exact) mass is 279 g/mol. The molecule has 1 aromatic carbocycles. The molecule has 0 radical (unpaired) electrons. The number of fused-ring (bicyclic) bond motifs is 1. The van der Waals surface area contributed by atoms with Crippen molar-refractivity contribution in [1.29, 1.82) is 5.26 Å². The molecule has 0 N–H and O–H groups in total. The number of carbonyl (C=O) groups excluding carboxylic acids is 1. The van der Waals surface area contributed by atoms with Crippen LogP contribution in [0.15, 0.2) is 29.3 Å². The van der Waals surface area contributed by atoms with E-state index in [-0.39, 0.29) is 5.78 Å². The lowest BCUT2D eigenvalue weighted by Gasteiger charge is -2.03. The van der Waals surface area contributed by atoms with Gasteiger partial charge in [0.1, 0.15) is 17.4 Å². The number of nitriles is 1. The van der Waals surface area contributed by atoms with E-state index >= 15 is 0 Å². The Morgan fingerprint density at radius 2 is 2.00 bits per heavy atom. The lowest BCUT2D eigenvalue weighted by molar-refractivity contribution is -0.117. The van der Waals surface area contributed by atoms with Crippen LogP contribution in [-0.2, 0) is 11.8 Å². The maximum Gasteiger partial charge on any atom is 0.151 e. The molecule has 0 unspecified atom stereocenters. The lowest BCUT2D eigenvalue weighted by atomic mass is 10.1. The van der Waals surface area contributed by atoms with E-state index in [1.54, 1.807) is 0 Å². The Balaban J connectivity index is 2.14. The number of carbonyl (C=O) groups is 1. The highest BCUT2D eigenvalue weighted by Crippen LogP contribution is 2.31. The molecular formula is C17H17N3O. The maximum atomic E-state index is 11.7. The van der Waals surface area contributed by atoms with Gasteiger partial charge >= 0.3 is 0 Å². The Morgan fingerprint density at radius 3 is 2.81 bits per heavy atom. The second-order valence-corrected chi connectivity index (χ2v) is 5.49. The van der Waals surface area contributed by atoms with Crippen LogP contribution in [-0.4, -0.2) is 16.1 Å². The van der Waals surface area contributed by atoms with Crippen LogP contribution in [0, 0.1) is 11.3 Å². The van der Waals surface area contributed by atoms with E-state index in [1.165, 1.54) is 0 Å². The maximum absolute atomic E-state index is 11.7. The molecule has 0 amide bonds. The smallest absolute Gasteiger partial charge is 0.151 e. The summed E-state index contributed by atoms with van der Waals surface area (Å²) < 4.78 is 1.94. The molecular weight excluding hydrogens is 262 g/mol. The minimum Gasteiger partial charge on any atom is -0.328 e. The van der Waals surface area contributed by atoms with Gasteiger partial charge in [0.2, 0.25) is 0 Å². The standard InChI is InChI=1S/C17H17N3O/c1-20-16-9-5-4-8-14(16)15(11-18)17(20)19-12-6-2-3-7-13(21)10-12/h4-5,8-9H,2-3,6-7,10H2,1H3. The van der Waals surface area contributed by atoms with Gasteiger partial charge in [-0.2, -0.15) is 5.26 Å². The molecule has 1 aromatic heterocycles. The molecule has 21 heavy (non-hydrogen) atoms. The van der Waals surface area contributed by atoms with E-state index in [0.717, 1.165) is 35.9 Å². The summed E-state index contributed by atoms with van der Waals surface area (Å²) in [5, 5.41) is 10.4. The molecule has 2 aromatic rings. The number of aryl methyl sites for hydroxylation is 1. The topological polar surface area (TPSA) is 58.1 Å². The quantitative estimate of drug-likeness (QED) is 0.748. The minimum atomic E-state index is 0.253. The van der Waals surface area contributed by atoms with Crippen LogP contribution in [0.4, 0.5) is 5.82 Å². The average molecular weight is 279 g/mol. The summed E-state index contributed by atoms with van der Waals surface area (Å²) in [6, 6.07) is 10.1. The fourth-order valence-electron chi connectivity index (χ4n) is 2.92. The van der Waals surface area contributed by atoms with Gasteiger partial charge < -0.3 is 4.57 Å². The van der Waals surface area contributed by atoms with Gasteiger partial charge in [0.15, 0.2) is 5.82 Å². The molecule has 1 aliphatic carbocycles.